The predicted molar refractivity (Wildman–Crippen MR) is 125 cm³/mol. The largest absolute Gasteiger partial charge is 0.478 e. The van der Waals surface area contributed by atoms with E-state index in [1.807, 2.05) is 0 Å². The molecule has 0 aromatic carbocycles. The molecule has 0 spiro atoms. The molecule has 0 radical (unpaired) electrons. The van der Waals surface area contributed by atoms with E-state index in [0.717, 1.165) is 6.08 Å². The Morgan fingerprint density at radius 1 is 1.27 bits per heavy atom. The van der Waals surface area contributed by atoms with Crippen molar-refractivity contribution in [3.63, 3.8) is 0 Å². The minimum Gasteiger partial charge on any atom is -0.478 e. The highest BCUT2D eigenvalue weighted by Gasteiger charge is 2.78. The summed E-state index contributed by atoms with van der Waals surface area (Å²) < 4.78 is 43.7. The van der Waals surface area contributed by atoms with Crippen molar-refractivity contribution in [3.8, 4) is 0 Å². The summed E-state index contributed by atoms with van der Waals surface area (Å²) in [6.07, 6.45) is 0.200. The summed E-state index contributed by atoms with van der Waals surface area (Å²) in [6, 6.07) is 1.37. The van der Waals surface area contributed by atoms with Gasteiger partial charge in [0.1, 0.15) is 11.9 Å². The molecule has 2 N–H and O–H groups in total. The van der Waals surface area contributed by atoms with Crippen molar-refractivity contribution >= 4 is 17.7 Å². The average Bonchev–Trinajstić information content (AvgIpc) is 3.40. The molecule has 0 amide bonds. The zero-order chi connectivity index (χ0) is 27.1. The highest BCUT2D eigenvalue weighted by molar-refractivity contribution is 6.01. The third-order valence-corrected chi connectivity index (χ3v) is 9.86. The summed E-state index contributed by atoms with van der Waals surface area (Å²) in [4.78, 5) is 38.0. The van der Waals surface area contributed by atoms with Gasteiger partial charge in [-0.2, -0.15) is 0 Å². The van der Waals surface area contributed by atoms with Crippen LogP contribution in [-0.2, 0) is 20.7 Å². The number of aliphatic carboxylic acids is 1. The summed E-state index contributed by atoms with van der Waals surface area (Å²) in [5, 5.41) is 25.6. The number of carboxylic acids is 1. The number of aromatic nitrogens is 1. The molecule has 3 saturated carbocycles. The van der Waals surface area contributed by atoms with Crippen LogP contribution in [0.2, 0.25) is 0 Å². The SMILES string of the molecule is CCc1cc(C(=O)O[C@]2(C(=O)O)[C@H](C)C[C@H]3[C@@H]4C[C@H](F)C5=CC(=O)C=C[C@]5(C)[C@@]4(F)[C@@H](O)C[C@@]32C)no1. The van der Waals surface area contributed by atoms with E-state index in [4.69, 9.17) is 9.26 Å². The molecule has 10 heteroatoms. The number of carbonyl (C=O) groups excluding carboxylic acids is 2. The number of nitrogens with zero attached hydrogens (tertiary/aromatic N) is 1. The number of aliphatic hydroxyl groups is 1. The maximum absolute atomic E-state index is 17.3. The van der Waals surface area contributed by atoms with Gasteiger partial charge >= 0.3 is 11.9 Å². The summed E-state index contributed by atoms with van der Waals surface area (Å²) >= 11 is 0. The first-order chi connectivity index (χ1) is 17.3. The van der Waals surface area contributed by atoms with Crippen LogP contribution in [0.3, 0.4) is 0 Å². The van der Waals surface area contributed by atoms with E-state index in [-0.39, 0.29) is 30.5 Å². The van der Waals surface area contributed by atoms with Crippen molar-refractivity contribution in [1.82, 2.24) is 5.16 Å². The Labute approximate surface area is 212 Å². The number of aryl methyl sites for hydroxylation is 1. The third kappa shape index (κ3) is 3.08. The molecule has 0 aliphatic heterocycles. The number of ether oxygens (including phenoxy) is 1. The van der Waals surface area contributed by atoms with Gasteiger partial charge in [0.25, 0.3) is 0 Å². The molecule has 9 atom stereocenters. The van der Waals surface area contributed by atoms with Crippen LogP contribution in [0.25, 0.3) is 0 Å². The lowest BCUT2D eigenvalue weighted by molar-refractivity contribution is -0.229. The number of allylic oxidation sites excluding steroid dienone is 4. The molecule has 1 aromatic heterocycles. The number of carboxylic acid groups (broad SMARTS) is 1. The van der Waals surface area contributed by atoms with Gasteiger partial charge in [-0.1, -0.05) is 32.0 Å². The monoisotopic (exact) mass is 519 g/mol. The molecule has 0 unspecified atom stereocenters. The van der Waals surface area contributed by atoms with Gasteiger partial charge in [-0.25, -0.2) is 18.4 Å². The van der Waals surface area contributed by atoms with Crippen LogP contribution < -0.4 is 0 Å². The highest BCUT2D eigenvalue weighted by atomic mass is 19.1. The smallest absolute Gasteiger partial charge is 0.361 e. The molecular weight excluding hydrogens is 488 g/mol. The molecule has 0 bridgehead atoms. The van der Waals surface area contributed by atoms with Crippen molar-refractivity contribution in [1.29, 1.82) is 0 Å². The maximum Gasteiger partial charge on any atom is 0.361 e. The molecule has 5 rings (SSSR count). The van der Waals surface area contributed by atoms with E-state index >= 15 is 8.78 Å². The Bertz CT molecular complexity index is 1240. The number of halogens is 2. The number of ketones is 1. The van der Waals surface area contributed by atoms with Crippen LogP contribution >= 0.6 is 0 Å². The van der Waals surface area contributed by atoms with Crippen molar-refractivity contribution < 1.29 is 42.6 Å². The van der Waals surface area contributed by atoms with Gasteiger partial charge in [0.15, 0.2) is 17.1 Å². The quantitative estimate of drug-likeness (QED) is 0.576. The van der Waals surface area contributed by atoms with Gasteiger partial charge < -0.3 is 19.5 Å². The first kappa shape index (κ1) is 25.8. The first-order valence-electron chi connectivity index (χ1n) is 12.6. The van der Waals surface area contributed by atoms with Crippen LogP contribution in [-0.4, -0.2) is 56.6 Å². The predicted octanol–water partition coefficient (Wildman–Crippen LogP) is 3.78. The van der Waals surface area contributed by atoms with Crippen molar-refractivity contribution in [2.24, 2.45) is 28.6 Å². The van der Waals surface area contributed by atoms with Crippen LogP contribution in [0.15, 0.2) is 34.4 Å². The number of esters is 1. The first-order valence-corrected chi connectivity index (χ1v) is 12.6. The summed E-state index contributed by atoms with van der Waals surface area (Å²) in [5.41, 5.74) is -7.69. The van der Waals surface area contributed by atoms with E-state index < -0.39 is 69.9 Å². The van der Waals surface area contributed by atoms with Crippen molar-refractivity contribution in [3.05, 3.63) is 41.3 Å². The molecule has 3 fully saturated rings. The lowest BCUT2D eigenvalue weighted by Gasteiger charge is -2.62. The number of carbonyl (C=O) groups is 3. The normalized spacial score (nSPS) is 44.5. The van der Waals surface area contributed by atoms with Gasteiger partial charge in [-0.05, 0) is 49.8 Å². The van der Waals surface area contributed by atoms with Crippen molar-refractivity contribution in [2.75, 3.05) is 0 Å². The standard InChI is InChI=1S/C27H31F2NO7/c1-5-15-10-20(30-37-15)22(33)36-27(23(34)35)13(2)8-16-17-11-19(28)18-9-14(31)6-7-24(18,3)26(17,29)21(32)12-25(16,27)4/h6-7,9-10,13,16-17,19,21,32H,5,8,11-12H2,1-4H3,(H,34,35)/t13-,16+,17+,19+,21+,24+,25+,26+,27+/m1/s1. The Hall–Kier alpha value is -2.88. The number of rotatable bonds is 4. The Balaban J connectivity index is 1.60. The van der Waals surface area contributed by atoms with Gasteiger partial charge in [0.2, 0.25) is 5.60 Å². The second-order valence-electron chi connectivity index (χ2n) is 11.5. The fourth-order valence-corrected chi connectivity index (χ4v) is 8.01. The van der Waals surface area contributed by atoms with Crippen molar-refractivity contribution in [2.45, 2.75) is 76.9 Å². The molecule has 1 aromatic rings. The molecule has 200 valence electrons. The van der Waals surface area contributed by atoms with Crippen LogP contribution in [0, 0.1) is 28.6 Å². The van der Waals surface area contributed by atoms with E-state index in [2.05, 4.69) is 5.16 Å². The summed E-state index contributed by atoms with van der Waals surface area (Å²) in [6.45, 7) is 6.46. The zero-order valence-corrected chi connectivity index (χ0v) is 21.2. The third-order valence-electron chi connectivity index (χ3n) is 9.86. The van der Waals surface area contributed by atoms with Crippen LogP contribution in [0.5, 0.6) is 0 Å². The second kappa shape index (κ2) is 8.06. The van der Waals surface area contributed by atoms with Gasteiger partial charge in [-0.15, -0.1) is 0 Å². The number of alkyl halides is 2. The number of hydrogen-bond donors (Lipinski definition) is 2. The Kier molecular flexibility index (Phi) is 5.61. The Morgan fingerprint density at radius 3 is 2.59 bits per heavy atom. The van der Waals surface area contributed by atoms with E-state index in [9.17, 15) is 24.6 Å². The fourth-order valence-electron chi connectivity index (χ4n) is 8.01. The minimum absolute atomic E-state index is 0.0128. The topological polar surface area (TPSA) is 127 Å². The van der Waals surface area contributed by atoms with Crippen LogP contribution in [0.4, 0.5) is 8.78 Å². The van der Waals surface area contributed by atoms with Gasteiger partial charge in [-0.3, -0.25) is 4.79 Å². The second-order valence-corrected chi connectivity index (χ2v) is 11.5. The number of fused-ring (bicyclic) bond motifs is 5. The summed E-state index contributed by atoms with van der Waals surface area (Å²) in [7, 11) is 0. The average molecular weight is 520 g/mol. The maximum atomic E-state index is 17.3. The molecule has 0 saturated heterocycles. The summed E-state index contributed by atoms with van der Waals surface area (Å²) in [5.74, 6) is -5.03. The lowest BCUT2D eigenvalue weighted by Crippen LogP contribution is -2.71. The molecule has 4 aliphatic carbocycles. The lowest BCUT2D eigenvalue weighted by atomic mass is 9.44. The van der Waals surface area contributed by atoms with Gasteiger partial charge in [0, 0.05) is 35.2 Å². The zero-order valence-electron chi connectivity index (χ0n) is 21.2. The van der Waals surface area contributed by atoms with E-state index in [1.54, 1.807) is 20.8 Å². The van der Waals surface area contributed by atoms with Crippen LogP contribution in [0.1, 0.15) is 63.2 Å². The Morgan fingerprint density at radius 2 is 1.97 bits per heavy atom. The molecule has 1 heterocycles. The van der Waals surface area contributed by atoms with E-state index in [1.165, 1.54) is 25.1 Å². The minimum atomic E-state index is -2.36. The number of hydrogen-bond acceptors (Lipinski definition) is 7. The fraction of sp³-hybridized carbons (Fsp3) is 0.630. The molecule has 8 nitrogen and oxygen atoms in total. The van der Waals surface area contributed by atoms with Gasteiger partial charge in [0.05, 0.1) is 6.10 Å². The molecule has 37 heavy (non-hydrogen) atoms. The molecule has 4 aliphatic rings. The highest BCUT2D eigenvalue weighted by Crippen LogP contribution is 2.71. The van der Waals surface area contributed by atoms with E-state index in [0.29, 0.717) is 12.2 Å². The number of aliphatic hydroxyl groups excluding tert-OH is 1. The molecular formula is C27H31F2NO7.